The van der Waals surface area contributed by atoms with Crippen molar-refractivity contribution in [3.8, 4) is 0 Å². The molecular formula is C14H16ClNO2. The van der Waals surface area contributed by atoms with E-state index in [-0.39, 0.29) is 5.78 Å². The van der Waals surface area contributed by atoms with Crippen molar-refractivity contribution in [3.63, 3.8) is 0 Å². The first-order chi connectivity index (χ1) is 8.50. The lowest BCUT2D eigenvalue weighted by Gasteiger charge is -2.08. The molecule has 0 bridgehead atoms. The van der Waals surface area contributed by atoms with Gasteiger partial charge in [0.2, 0.25) is 0 Å². The molecule has 0 aliphatic carbocycles. The van der Waals surface area contributed by atoms with Crippen LogP contribution in [0.4, 0.5) is 0 Å². The second-order valence-electron chi connectivity index (χ2n) is 4.48. The molecular weight excluding hydrogens is 250 g/mol. The van der Waals surface area contributed by atoms with Gasteiger partial charge in [0, 0.05) is 22.5 Å². The van der Waals surface area contributed by atoms with Crippen LogP contribution in [0.3, 0.4) is 0 Å². The number of Topliss-reactive ketones (excluding diaryl/α,β-unsaturated/α-hetero) is 1. The molecule has 0 radical (unpaired) electrons. The topological polar surface area (TPSA) is 35.1 Å². The van der Waals surface area contributed by atoms with E-state index in [0.29, 0.717) is 12.1 Å². The maximum absolute atomic E-state index is 12.0. The van der Waals surface area contributed by atoms with Crippen LogP contribution in [0.1, 0.15) is 34.2 Å². The Balaban J connectivity index is 2.35. The summed E-state index contributed by atoms with van der Waals surface area (Å²) in [5, 5.41) is -0.493. The predicted molar refractivity (Wildman–Crippen MR) is 71.4 cm³/mol. The van der Waals surface area contributed by atoms with Gasteiger partial charge in [0.25, 0.3) is 0 Å². The lowest BCUT2D eigenvalue weighted by atomic mass is 10.1. The highest BCUT2D eigenvalue weighted by molar-refractivity contribution is 6.33. The number of aromatic nitrogens is 1. The quantitative estimate of drug-likeness (QED) is 0.626. The Bertz CT molecular complexity index is 553. The van der Waals surface area contributed by atoms with Crippen LogP contribution in [0.5, 0.6) is 0 Å². The minimum atomic E-state index is -0.493. The normalized spacial score (nSPS) is 12.7. The van der Waals surface area contributed by atoms with Gasteiger partial charge in [-0.05, 0) is 32.9 Å². The number of carbonyl (C=O) groups excluding carboxylic acids is 1. The minimum absolute atomic E-state index is 0.0248. The second-order valence-corrected chi connectivity index (χ2v) is 5.14. The Hall–Kier alpha value is -1.48. The third kappa shape index (κ3) is 2.36. The zero-order chi connectivity index (χ0) is 13.3. The summed E-state index contributed by atoms with van der Waals surface area (Å²) in [6, 6.07) is 3.82. The molecule has 96 valence electrons. The van der Waals surface area contributed by atoms with Crippen molar-refractivity contribution in [3.05, 3.63) is 47.2 Å². The summed E-state index contributed by atoms with van der Waals surface area (Å²) in [6.45, 7) is 6.34. The summed E-state index contributed by atoms with van der Waals surface area (Å²) in [5.41, 5.74) is 3.79. The van der Waals surface area contributed by atoms with Crippen LogP contribution in [0.15, 0.2) is 29.1 Å². The Kier molecular flexibility index (Phi) is 3.62. The molecule has 4 heteroatoms. The highest BCUT2D eigenvalue weighted by Crippen LogP contribution is 2.20. The average molecular weight is 266 g/mol. The van der Waals surface area contributed by atoms with Crippen LogP contribution in [-0.2, 0) is 6.54 Å². The van der Waals surface area contributed by atoms with Crippen molar-refractivity contribution >= 4 is 17.4 Å². The molecule has 0 N–H and O–H groups in total. The molecule has 18 heavy (non-hydrogen) atoms. The van der Waals surface area contributed by atoms with E-state index in [9.17, 15) is 4.79 Å². The zero-order valence-corrected chi connectivity index (χ0v) is 11.5. The van der Waals surface area contributed by atoms with Crippen LogP contribution in [0.25, 0.3) is 0 Å². The number of hydrogen-bond acceptors (Lipinski definition) is 2. The molecule has 0 fully saturated rings. The number of rotatable bonds is 4. The van der Waals surface area contributed by atoms with Gasteiger partial charge >= 0.3 is 0 Å². The number of hydrogen-bond donors (Lipinski definition) is 0. The van der Waals surface area contributed by atoms with E-state index in [1.165, 1.54) is 0 Å². The zero-order valence-electron chi connectivity index (χ0n) is 10.7. The van der Waals surface area contributed by atoms with Gasteiger partial charge in [-0.1, -0.05) is 0 Å². The summed E-state index contributed by atoms with van der Waals surface area (Å²) < 4.78 is 7.15. The summed E-state index contributed by atoms with van der Waals surface area (Å²) in [7, 11) is 0. The largest absolute Gasteiger partial charge is 0.472 e. The predicted octanol–water partition coefficient (Wildman–Crippen LogP) is 3.56. The Labute approximate surface area is 111 Å². The third-order valence-corrected chi connectivity index (χ3v) is 3.32. The van der Waals surface area contributed by atoms with Crippen molar-refractivity contribution < 1.29 is 9.21 Å². The van der Waals surface area contributed by atoms with Gasteiger partial charge in [0.05, 0.1) is 24.4 Å². The smallest absolute Gasteiger partial charge is 0.182 e. The van der Waals surface area contributed by atoms with Crippen molar-refractivity contribution in [2.45, 2.75) is 32.7 Å². The van der Waals surface area contributed by atoms with Crippen molar-refractivity contribution in [2.24, 2.45) is 0 Å². The van der Waals surface area contributed by atoms with E-state index in [0.717, 1.165) is 17.0 Å². The fraction of sp³-hybridized carbons (Fsp3) is 0.357. The van der Waals surface area contributed by atoms with Gasteiger partial charge in [0.1, 0.15) is 0 Å². The van der Waals surface area contributed by atoms with Crippen LogP contribution < -0.4 is 0 Å². The SMILES string of the molecule is Cc1cc(C(=O)C(C)Cl)c(C)n1Cc1ccoc1. The summed E-state index contributed by atoms with van der Waals surface area (Å²) in [4.78, 5) is 12.0. The first-order valence-electron chi connectivity index (χ1n) is 5.86. The molecule has 2 aromatic rings. The Morgan fingerprint density at radius 1 is 1.50 bits per heavy atom. The highest BCUT2D eigenvalue weighted by atomic mass is 35.5. The maximum Gasteiger partial charge on any atom is 0.182 e. The number of nitrogens with zero attached hydrogens (tertiary/aromatic N) is 1. The highest BCUT2D eigenvalue weighted by Gasteiger charge is 2.19. The first kappa shape index (κ1) is 13.0. The molecule has 0 saturated carbocycles. The van der Waals surface area contributed by atoms with Crippen LogP contribution in [0, 0.1) is 13.8 Å². The lowest BCUT2D eigenvalue weighted by Crippen LogP contribution is -2.12. The molecule has 0 amide bonds. The van der Waals surface area contributed by atoms with Gasteiger partial charge in [0.15, 0.2) is 5.78 Å². The van der Waals surface area contributed by atoms with Crippen molar-refractivity contribution in [1.29, 1.82) is 0 Å². The lowest BCUT2D eigenvalue weighted by molar-refractivity contribution is 0.0991. The number of carbonyl (C=O) groups is 1. The van der Waals surface area contributed by atoms with E-state index in [4.69, 9.17) is 16.0 Å². The standard InChI is InChI=1S/C14H16ClNO2/c1-9-6-13(14(17)10(2)15)11(3)16(9)7-12-4-5-18-8-12/h4-6,8,10H,7H2,1-3H3. The van der Waals surface area contributed by atoms with Gasteiger partial charge < -0.3 is 8.98 Å². The van der Waals surface area contributed by atoms with E-state index in [2.05, 4.69) is 4.57 Å². The van der Waals surface area contributed by atoms with Gasteiger partial charge in [-0.2, -0.15) is 0 Å². The molecule has 2 aromatic heterocycles. The van der Waals surface area contributed by atoms with Crippen molar-refractivity contribution in [2.75, 3.05) is 0 Å². The number of aryl methyl sites for hydroxylation is 1. The molecule has 2 heterocycles. The van der Waals surface area contributed by atoms with Crippen LogP contribution in [-0.4, -0.2) is 15.7 Å². The molecule has 2 rings (SSSR count). The number of ketones is 1. The third-order valence-electron chi connectivity index (χ3n) is 3.12. The maximum atomic E-state index is 12.0. The molecule has 1 atom stereocenters. The number of halogens is 1. The molecule has 3 nitrogen and oxygen atoms in total. The minimum Gasteiger partial charge on any atom is -0.472 e. The number of furan rings is 1. The fourth-order valence-corrected chi connectivity index (χ4v) is 2.19. The first-order valence-corrected chi connectivity index (χ1v) is 6.30. The summed E-state index contributed by atoms with van der Waals surface area (Å²) in [6.07, 6.45) is 3.36. The van der Waals surface area contributed by atoms with E-state index in [1.807, 2.05) is 26.0 Å². The van der Waals surface area contributed by atoms with E-state index < -0.39 is 5.38 Å². The second kappa shape index (κ2) is 5.02. The molecule has 0 aliphatic heterocycles. The molecule has 0 saturated heterocycles. The average Bonchev–Trinajstić information content (AvgIpc) is 2.91. The van der Waals surface area contributed by atoms with Crippen LogP contribution in [0.2, 0.25) is 0 Å². The van der Waals surface area contributed by atoms with Gasteiger partial charge in [-0.3, -0.25) is 4.79 Å². The van der Waals surface area contributed by atoms with Gasteiger partial charge in [-0.25, -0.2) is 0 Å². The monoisotopic (exact) mass is 265 g/mol. The van der Waals surface area contributed by atoms with Crippen molar-refractivity contribution in [1.82, 2.24) is 4.57 Å². The summed E-state index contributed by atoms with van der Waals surface area (Å²) >= 11 is 5.87. The molecule has 0 aliphatic rings. The molecule has 0 aromatic carbocycles. The molecule has 1 unspecified atom stereocenters. The van der Waals surface area contributed by atoms with E-state index in [1.54, 1.807) is 19.5 Å². The Morgan fingerprint density at radius 2 is 2.22 bits per heavy atom. The summed E-state index contributed by atoms with van der Waals surface area (Å²) in [5.74, 6) is -0.0248. The van der Waals surface area contributed by atoms with Gasteiger partial charge in [-0.15, -0.1) is 11.6 Å². The fourth-order valence-electron chi connectivity index (χ4n) is 2.07. The molecule has 0 spiro atoms. The van der Waals surface area contributed by atoms with E-state index >= 15 is 0 Å². The Morgan fingerprint density at radius 3 is 2.78 bits per heavy atom. The number of alkyl halides is 1. The van der Waals surface area contributed by atoms with Crippen LogP contribution >= 0.6 is 11.6 Å².